The van der Waals surface area contributed by atoms with Crippen molar-refractivity contribution in [1.82, 2.24) is 0 Å². The molecule has 0 bridgehead atoms. The Hall–Kier alpha value is -1.07. The minimum Gasteiger partial charge on any atom is -0.367 e. The highest BCUT2D eigenvalue weighted by Gasteiger charge is 2.37. The first-order valence-electron chi connectivity index (χ1n) is 6.14. The molecule has 1 rings (SSSR count). The van der Waals surface area contributed by atoms with Gasteiger partial charge in [0, 0.05) is 0 Å². The third-order valence-corrected chi connectivity index (χ3v) is 3.10. The minimum absolute atomic E-state index is 0.147. The standard InChI is InChI=1S/C14H20F3NO/c1-8-5-9(2)13(10(3)6-8)12(18)7-19-11(4)14(15,16)17/h5-6,11-12H,7,18H2,1-4H3. The van der Waals surface area contributed by atoms with Crippen LogP contribution in [-0.2, 0) is 4.74 Å². The largest absolute Gasteiger partial charge is 0.414 e. The van der Waals surface area contributed by atoms with Crippen molar-refractivity contribution < 1.29 is 17.9 Å². The molecule has 0 aliphatic heterocycles. The number of rotatable bonds is 4. The number of ether oxygens (including phenoxy) is 1. The van der Waals surface area contributed by atoms with Gasteiger partial charge in [0.15, 0.2) is 6.10 Å². The Morgan fingerprint density at radius 2 is 1.63 bits per heavy atom. The molecule has 1 aromatic rings. The van der Waals surface area contributed by atoms with Crippen LogP contribution in [0.2, 0.25) is 0 Å². The number of halogens is 3. The van der Waals surface area contributed by atoms with E-state index in [4.69, 9.17) is 10.5 Å². The van der Waals surface area contributed by atoms with Crippen LogP contribution >= 0.6 is 0 Å². The van der Waals surface area contributed by atoms with Crippen molar-refractivity contribution in [2.75, 3.05) is 6.61 Å². The Morgan fingerprint density at radius 3 is 2.05 bits per heavy atom. The Bertz CT molecular complexity index is 420. The number of hydrogen-bond acceptors (Lipinski definition) is 2. The fourth-order valence-electron chi connectivity index (χ4n) is 2.20. The quantitative estimate of drug-likeness (QED) is 0.911. The highest BCUT2D eigenvalue weighted by molar-refractivity contribution is 5.39. The Kier molecular flexibility index (Phi) is 4.98. The van der Waals surface area contributed by atoms with E-state index in [1.165, 1.54) is 0 Å². The predicted molar refractivity (Wildman–Crippen MR) is 69.1 cm³/mol. The normalized spacial score (nSPS) is 15.4. The molecule has 0 radical (unpaired) electrons. The van der Waals surface area contributed by atoms with E-state index in [0.717, 1.165) is 29.2 Å². The van der Waals surface area contributed by atoms with Crippen LogP contribution in [0.5, 0.6) is 0 Å². The van der Waals surface area contributed by atoms with Crippen molar-refractivity contribution in [3.63, 3.8) is 0 Å². The van der Waals surface area contributed by atoms with E-state index in [0.29, 0.717) is 0 Å². The van der Waals surface area contributed by atoms with Crippen molar-refractivity contribution in [1.29, 1.82) is 0 Å². The molecule has 0 aromatic heterocycles. The highest BCUT2D eigenvalue weighted by atomic mass is 19.4. The molecule has 0 amide bonds. The number of hydrogen-bond donors (Lipinski definition) is 1. The summed E-state index contributed by atoms with van der Waals surface area (Å²) in [6.45, 7) is 6.62. The van der Waals surface area contributed by atoms with Crippen LogP contribution in [0.25, 0.3) is 0 Å². The summed E-state index contributed by atoms with van der Waals surface area (Å²) in [5, 5.41) is 0. The summed E-state index contributed by atoms with van der Waals surface area (Å²) in [6.07, 6.45) is -6.15. The molecular weight excluding hydrogens is 255 g/mol. The average Bonchev–Trinajstić information content (AvgIpc) is 2.22. The van der Waals surface area contributed by atoms with Gasteiger partial charge >= 0.3 is 6.18 Å². The van der Waals surface area contributed by atoms with Crippen molar-refractivity contribution in [2.45, 2.75) is 46.0 Å². The van der Waals surface area contributed by atoms with Crippen molar-refractivity contribution >= 4 is 0 Å². The molecule has 2 unspecified atom stereocenters. The monoisotopic (exact) mass is 275 g/mol. The van der Waals surface area contributed by atoms with E-state index in [9.17, 15) is 13.2 Å². The molecule has 0 fully saturated rings. The smallest absolute Gasteiger partial charge is 0.367 e. The van der Waals surface area contributed by atoms with Gasteiger partial charge in [-0.3, -0.25) is 0 Å². The third-order valence-electron chi connectivity index (χ3n) is 3.10. The van der Waals surface area contributed by atoms with Crippen LogP contribution in [0, 0.1) is 20.8 Å². The number of benzene rings is 1. The Labute approximate surface area is 111 Å². The van der Waals surface area contributed by atoms with Gasteiger partial charge in [-0.1, -0.05) is 17.7 Å². The molecule has 2 atom stereocenters. The van der Waals surface area contributed by atoms with E-state index in [2.05, 4.69) is 0 Å². The van der Waals surface area contributed by atoms with Crippen LogP contribution in [0.3, 0.4) is 0 Å². The molecule has 0 saturated carbocycles. The Morgan fingerprint density at radius 1 is 1.16 bits per heavy atom. The first-order valence-corrected chi connectivity index (χ1v) is 6.14. The van der Waals surface area contributed by atoms with Crippen LogP contribution in [0.1, 0.15) is 35.2 Å². The summed E-state index contributed by atoms with van der Waals surface area (Å²) in [4.78, 5) is 0. The first-order chi connectivity index (χ1) is 8.62. The summed E-state index contributed by atoms with van der Waals surface area (Å²) < 4.78 is 41.9. The molecule has 108 valence electrons. The van der Waals surface area contributed by atoms with Gasteiger partial charge in [-0.05, 0) is 44.4 Å². The van der Waals surface area contributed by atoms with Crippen LogP contribution in [0.4, 0.5) is 13.2 Å². The third kappa shape index (κ3) is 4.21. The molecule has 0 aliphatic rings. The van der Waals surface area contributed by atoms with Gasteiger partial charge in [-0.15, -0.1) is 0 Å². The molecule has 0 aliphatic carbocycles. The molecule has 2 N–H and O–H groups in total. The van der Waals surface area contributed by atoms with Gasteiger partial charge in [0.1, 0.15) is 0 Å². The van der Waals surface area contributed by atoms with Crippen LogP contribution in [-0.4, -0.2) is 18.9 Å². The maximum atomic E-state index is 12.3. The molecule has 0 heterocycles. The second kappa shape index (κ2) is 5.92. The van der Waals surface area contributed by atoms with Gasteiger partial charge in [0.2, 0.25) is 0 Å². The zero-order chi connectivity index (χ0) is 14.8. The van der Waals surface area contributed by atoms with E-state index in [-0.39, 0.29) is 6.61 Å². The summed E-state index contributed by atoms with van der Waals surface area (Å²) >= 11 is 0. The predicted octanol–water partition coefficient (Wildman–Crippen LogP) is 3.58. The van der Waals surface area contributed by atoms with E-state index in [1.807, 2.05) is 32.9 Å². The second-order valence-electron chi connectivity index (χ2n) is 4.94. The summed E-state index contributed by atoms with van der Waals surface area (Å²) in [5.74, 6) is 0. The lowest BCUT2D eigenvalue weighted by molar-refractivity contribution is -0.215. The maximum absolute atomic E-state index is 12.3. The van der Waals surface area contributed by atoms with Gasteiger partial charge in [-0.25, -0.2) is 0 Å². The van der Waals surface area contributed by atoms with Gasteiger partial charge in [0.25, 0.3) is 0 Å². The molecule has 1 aromatic carbocycles. The van der Waals surface area contributed by atoms with Gasteiger partial charge in [-0.2, -0.15) is 13.2 Å². The zero-order valence-corrected chi connectivity index (χ0v) is 11.6. The molecule has 0 saturated heterocycles. The van der Waals surface area contributed by atoms with Gasteiger partial charge in [0.05, 0.1) is 12.6 Å². The molecule has 0 spiro atoms. The lowest BCUT2D eigenvalue weighted by Gasteiger charge is -2.22. The Balaban J connectivity index is 2.77. The van der Waals surface area contributed by atoms with Crippen molar-refractivity contribution in [3.8, 4) is 0 Å². The van der Waals surface area contributed by atoms with E-state index in [1.54, 1.807) is 0 Å². The lowest BCUT2D eigenvalue weighted by atomic mass is 9.95. The zero-order valence-electron chi connectivity index (χ0n) is 11.6. The van der Waals surface area contributed by atoms with Crippen LogP contribution in [0.15, 0.2) is 12.1 Å². The maximum Gasteiger partial charge on any atom is 0.414 e. The SMILES string of the molecule is Cc1cc(C)c(C(N)COC(C)C(F)(F)F)c(C)c1. The molecule has 2 nitrogen and oxygen atoms in total. The summed E-state index contributed by atoms with van der Waals surface area (Å²) in [6, 6.07) is 3.38. The lowest BCUT2D eigenvalue weighted by Crippen LogP contribution is -2.31. The van der Waals surface area contributed by atoms with Crippen molar-refractivity contribution in [2.24, 2.45) is 5.73 Å². The molecule has 19 heavy (non-hydrogen) atoms. The highest BCUT2D eigenvalue weighted by Crippen LogP contribution is 2.26. The van der Waals surface area contributed by atoms with E-state index < -0.39 is 18.3 Å². The first kappa shape index (κ1) is 16.0. The minimum atomic E-state index is -4.35. The molecular formula is C14H20F3NO. The fraction of sp³-hybridized carbons (Fsp3) is 0.571. The summed E-state index contributed by atoms with van der Waals surface area (Å²) in [5.41, 5.74) is 9.87. The fourth-order valence-corrected chi connectivity index (χ4v) is 2.20. The average molecular weight is 275 g/mol. The van der Waals surface area contributed by atoms with Gasteiger partial charge < -0.3 is 10.5 Å². The van der Waals surface area contributed by atoms with Crippen LogP contribution < -0.4 is 5.73 Å². The van der Waals surface area contributed by atoms with E-state index >= 15 is 0 Å². The molecule has 5 heteroatoms. The number of nitrogens with two attached hydrogens (primary N) is 1. The summed E-state index contributed by atoms with van der Waals surface area (Å²) in [7, 11) is 0. The topological polar surface area (TPSA) is 35.2 Å². The number of aryl methyl sites for hydroxylation is 3. The van der Waals surface area contributed by atoms with Crippen molar-refractivity contribution in [3.05, 3.63) is 34.4 Å². The number of alkyl halides is 3. The second-order valence-corrected chi connectivity index (χ2v) is 4.94.